The number of aromatic carboxylic acids is 1. The molecule has 19 heavy (non-hydrogen) atoms. The van der Waals surface area contributed by atoms with Crippen LogP contribution in [0.25, 0.3) is 0 Å². The number of halogens is 1. The Morgan fingerprint density at radius 1 is 1.37 bits per heavy atom. The van der Waals surface area contributed by atoms with Crippen LogP contribution in [0.1, 0.15) is 56.5 Å². The number of carboxylic acids is 1. The van der Waals surface area contributed by atoms with Gasteiger partial charge in [-0.1, -0.05) is 34.1 Å². The van der Waals surface area contributed by atoms with E-state index in [4.69, 9.17) is 4.74 Å². The lowest BCUT2D eigenvalue weighted by molar-refractivity contribution is 0.0692. The van der Waals surface area contributed by atoms with Crippen LogP contribution in [0.2, 0.25) is 0 Å². The molecule has 0 aliphatic rings. The molecule has 0 fully saturated rings. The van der Waals surface area contributed by atoms with E-state index in [1.54, 1.807) is 6.07 Å². The predicted molar refractivity (Wildman–Crippen MR) is 80.2 cm³/mol. The zero-order chi connectivity index (χ0) is 14.6. The summed E-state index contributed by atoms with van der Waals surface area (Å²) in [5, 5.41) is 9.34. The summed E-state index contributed by atoms with van der Waals surface area (Å²) >= 11 is 3.42. The van der Waals surface area contributed by atoms with Crippen LogP contribution in [0.5, 0.6) is 5.75 Å². The minimum Gasteiger partial charge on any atom is -0.491 e. The van der Waals surface area contributed by atoms with Crippen LogP contribution in [-0.4, -0.2) is 17.7 Å². The van der Waals surface area contributed by atoms with E-state index in [2.05, 4.69) is 43.6 Å². The first kappa shape index (κ1) is 16.0. The highest BCUT2D eigenvalue weighted by Crippen LogP contribution is 2.35. The molecular formula is C15H21BrO3. The number of hydrogen-bond donors (Lipinski definition) is 1. The van der Waals surface area contributed by atoms with Crippen molar-refractivity contribution in [2.24, 2.45) is 0 Å². The van der Waals surface area contributed by atoms with E-state index in [1.807, 2.05) is 6.07 Å². The minimum atomic E-state index is -0.960. The molecule has 0 saturated carbocycles. The molecule has 0 saturated heterocycles. The number of ether oxygens (including phenoxy) is 1. The molecule has 0 spiro atoms. The quantitative estimate of drug-likeness (QED) is 0.802. The lowest BCUT2D eigenvalue weighted by atomic mass is 9.86. The summed E-state index contributed by atoms with van der Waals surface area (Å²) in [6, 6.07) is 3.64. The average molecular weight is 329 g/mol. The van der Waals surface area contributed by atoms with Crippen LogP contribution in [0.4, 0.5) is 0 Å². The number of carboxylic acid groups (broad SMARTS) is 1. The van der Waals surface area contributed by atoms with Crippen molar-refractivity contribution in [2.75, 3.05) is 6.61 Å². The molecule has 106 valence electrons. The lowest BCUT2D eigenvalue weighted by Crippen LogP contribution is -2.14. The van der Waals surface area contributed by atoms with Crippen molar-refractivity contribution in [1.29, 1.82) is 0 Å². The summed E-state index contributed by atoms with van der Waals surface area (Å²) in [6.45, 7) is 8.76. The second-order valence-electron chi connectivity index (χ2n) is 5.59. The summed E-state index contributed by atoms with van der Waals surface area (Å²) in [7, 11) is 0. The van der Waals surface area contributed by atoms with E-state index < -0.39 is 5.97 Å². The van der Waals surface area contributed by atoms with Gasteiger partial charge in [-0.2, -0.15) is 0 Å². The maximum Gasteiger partial charge on any atom is 0.339 e. The molecule has 1 rings (SSSR count). The molecule has 0 atom stereocenters. The topological polar surface area (TPSA) is 46.5 Å². The summed E-state index contributed by atoms with van der Waals surface area (Å²) in [5.41, 5.74) is 1.09. The van der Waals surface area contributed by atoms with E-state index in [1.165, 1.54) is 0 Å². The highest BCUT2D eigenvalue weighted by Gasteiger charge is 2.22. The molecule has 0 amide bonds. The van der Waals surface area contributed by atoms with Gasteiger partial charge in [0.1, 0.15) is 11.3 Å². The molecule has 0 aliphatic heterocycles. The Morgan fingerprint density at radius 3 is 2.47 bits per heavy atom. The van der Waals surface area contributed by atoms with Crippen molar-refractivity contribution in [3.63, 3.8) is 0 Å². The first-order chi connectivity index (χ1) is 8.77. The third-order valence-corrected chi connectivity index (χ3v) is 3.47. The molecular weight excluding hydrogens is 308 g/mol. The summed E-state index contributed by atoms with van der Waals surface area (Å²) < 4.78 is 6.31. The molecule has 3 nitrogen and oxygen atoms in total. The Morgan fingerprint density at radius 2 is 2.00 bits per heavy atom. The first-order valence-corrected chi connectivity index (χ1v) is 7.26. The number of benzene rings is 1. The van der Waals surface area contributed by atoms with Crippen molar-refractivity contribution >= 4 is 21.9 Å². The van der Waals surface area contributed by atoms with E-state index in [9.17, 15) is 9.90 Å². The molecule has 0 unspecified atom stereocenters. The Kier molecular flexibility index (Phi) is 5.41. The fraction of sp³-hybridized carbons (Fsp3) is 0.533. The molecule has 0 heterocycles. The van der Waals surface area contributed by atoms with Gasteiger partial charge in [0, 0.05) is 0 Å². The standard InChI is InChI=1S/C15H21BrO3/c1-5-6-7-19-13-11(14(17)18)8-10(9-12(13)16)15(2,3)4/h8-9H,5-7H2,1-4H3,(H,17,18). The van der Waals surface area contributed by atoms with Gasteiger partial charge in [0.15, 0.2) is 0 Å². The van der Waals surface area contributed by atoms with Gasteiger partial charge in [0.25, 0.3) is 0 Å². The zero-order valence-corrected chi connectivity index (χ0v) is 13.5. The predicted octanol–water partition coefficient (Wildman–Crippen LogP) is 4.62. The highest BCUT2D eigenvalue weighted by molar-refractivity contribution is 9.10. The third-order valence-electron chi connectivity index (χ3n) is 2.88. The number of hydrogen-bond acceptors (Lipinski definition) is 2. The van der Waals surface area contributed by atoms with Gasteiger partial charge >= 0.3 is 5.97 Å². The Hall–Kier alpha value is -1.03. The van der Waals surface area contributed by atoms with E-state index in [0.717, 1.165) is 18.4 Å². The van der Waals surface area contributed by atoms with Crippen LogP contribution in [-0.2, 0) is 5.41 Å². The van der Waals surface area contributed by atoms with Crippen molar-refractivity contribution in [1.82, 2.24) is 0 Å². The smallest absolute Gasteiger partial charge is 0.339 e. The Balaban J connectivity index is 3.20. The normalized spacial score (nSPS) is 11.4. The fourth-order valence-corrected chi connectivity index (χ4v) is 2.23. The van der Waals surface area contributed by atoms with E-state index in [-0.39, 0.29) is 11.0 Å². The monoisotopic (exact) mass is 328 g/mol. The van der Waals surface area contributed by atoms with E-state index in [0.29, 0.717) is 16.8 Å². The maximum atomic E-state index is 11.4. The van der Waals surface area contributed by atoms with Gasteiger partial charge < -0.3 is 9.84 Å². The van der Waals surface area contributed by atoms with Crippen LogP contribution in [0.3, 0.4) is 0 Å². The zero-order valence-electron chi connectivity index (χ0n) is 11.9. The molecule has 0 aliphatic carbocycles. The minimum absolute atomic E-state index is 0.103. The van der Waals surface area contributed by atoms with Crippen molar-refractivity contribution in [3.8, 4) is 5.75 Å². The Labute approximate surface area is 123 Å². The lowest BCUT2D eigenvalue weighted by Gasteiger charge is -2.21. The average Bonchev–Trinajstić information content (AvgIpc) is 2.29. The van der Waals surface area contributed by atoms with Crippen molar-refractivity contribution in [3.05, 3.63) is 27.7 Å². The summed E-state index contributed by atoms with van der Waals surface area (Å²) in [4.78, 5) is 11.4. The maximum absolute atomic E-state index is 11.4. The second-order valence-corrected chi connectivity index (χ2v) is 6.45. The SMILES string of the molecule is CCCCOc1c(Br)cc(C(C)(C)C)cc1C(=O)O. The van der Waals surface area contributed by atoms with Gasteiger partial charge in [-0.3, -0.25) is 0 Å². The molecule has 1 N–H and O–H groups in total. The van der Waals surface area contributed by atoms with Crippen LogP contribution in [0.15, 0.2) is 16.6 Å². The summed E-state index contributed by atoms with van der Waals surface area (Å²) in [5.74, 6) is -0.535. The van der Waals surface area contributed by atoms with Gasteiger partial charge in [-0.25, -0.2) is 4.79 Å². The van der Waals surface area contributed by atoms with Crippen LogP contribution in [0, 0.1) is 0 Å². The van der Waals surface area contributed by atoms with Gasteiger partial charge in [0.2, 0.25) is 0 Å². The van der Waals surface area contributed by atoms with Crippen LogP contribution >= 0.6 is 15.9 Å². The highest BCUT2D eigenvalue weighted by atomic mass is 79.9. The number of rotatable bonds is 5. The number of carbonyl (C=O) groups is 1. The summed E-state index contributed by atoms with van der Waals surface area (Å²) in [6.07, 6.45) is 1.92. The second kappa shape index (κ2) is 6.42. The van der Waals surface area contributed by atoms with Crippen molar-refractivity contribution < 1.29 is 14.6 Å². The third kappa shape index (κ3) is 4.23. The number of unbranched alkanes of at least 4 members (excludes halogenated alkanes) is 1. The molecule has 0 aromatic heterocycles. The van der Waals surface area contributed by atoms with Gasteiger partial charge in [-0.05, 0) is 45.5 Å². The van der Waals surface area contributed by atoms with Crippen molar-refractivity contribution in [2.45, 2.75) is 46.0 Å². The fourth-order valence-electron chi connectivity index (χ4n) is 1.65. The van der Waals surface area contributed by atoms with Gasteiger partial charge in [0.05, 0.1) is 11.1 Å². The molecule has 1 aromatic carbocycles. The molecule has 4 heteroatoms. The largest absolute Gasteiger partial charge is 0.491 e. The Bertz CT molecular complexity index is 461. The first-order valence-electron chi connectivity index (χ1n) is 6.47. The van der Waals surface area contributed by atoms with Crippen LogP contribution < -0.4 is 4.74 Å². The molecule has 0 radical (unpaired) electrons. The van der Waals surface area contributed by atoms with E-state index >= 15 is 0 Å². The molecule has 0 bridgehead atoms. The van der Waals surface area contributed by atoms with Gasteiger partial charge in [-0.15, -0.1) is 0 Å². The molecule has 1 aromatic rings.